The molecule has 0 radical (unpaired) electrons. The van der Waals surface area contributed by atoms with E-state index in [-0.39, 0.29) is 10.6 Å². The number of fused-ring (bicyclic) bond motifs is 1. The van der Waals surface area contributed by atoms with Crippen molar-refractivity contribution < 1.29 is 27.2 Å². The molecule has 0 fully saturated rings. The van der Waals surface area contributed by atoms with Gasteiger partial charge in [-0.05, 0) is 25.5 Å². The molecule has 0 saturated heterocycles. The van der Waals surface area contributed by atoms with E-state index in [2.05, 4.69) is 15.5 Å². The van der Waals surface area contributed by atoms with Crippen LogP contribution in [0.15, 0.2) is 0 Å². The summed E-state index contributed by atoms with van der Waals surface area (Å²) in [7, 11) is 1.42. The van der Waals surface area contributed by atoms with E-state index in [1.54, 1.807) is 0 Å². The topological polar surface area (TPSA) is 61.4 Å². The van der Waals surface area contributed by atoms with Crippen molar-refractivity contribution in [3.63, 3.8) is 0 Å². The van der Waals surface area contributed by atoms with Crippen LogP contribution in [0.2, 0.25) is 0 Å². The number of nitrogens with one attached hydrogen (secondary N) is 2. The maximum absolute atomic E-state index is 14.2. The summed E-state index contributed by atoms with van der Waals surface area (Å²) in [5, 5.41) is 4.83. The first-order valence-electron chi connectivity index (χ1n) is 8.94. The molecule has 0 saturated carbocycles. The van der Waals surface area contributed by atoms with Gasteiger partial charge < -0.3 is 10.6 Å². The lowest BCUT2D eigenvalue weighted by Gasteiger charge is -2.25. The Hall–Kier alpha value is -2.46. The normalized spacial score (nSPS) is 13.9. The van der Waals surface area contributed by atoms with Crippen LogP contribution in [0.4, 0.5) is 22.6 Å². The van der Waals surface area contributed by atoms with Gasteiger partial charge in [0.05, 0.1) is 5.56 Å². The molecule has 1 aliphatic heterocycles. The van der Waals surface area contributed by atoms with E-state index in [4.69, 9.17) is 0 Å². The molecule has 1 aromatic heterocycles. The van der Waals surface area contributed by atoms with Crippen LogP contribution < -0.4 is 10.6 Å². The van der Waals surface area contributed by atoms with E-state index in [1.807, 2.05) is 6.92 Å². The summed E-state index contributed by atoms with van der Waals surface area (Å²) in [5.41, 5.74) is -1.27. The lowest BCUT2D eigenvalue weighted by atomic mass is 10.0. The van der Waals surface area contributed by atoms with Crippen LogP contribution in [0.1, 0.15) is 43.6 Å². The van der Waals surface area contributed by atoms with Gasteiger partial charge in [0.2, 0.25) is 0 Å². The molecular formula is C19H19F4N3O2S. The summed E-state index contributed by atoms with van der Waals surface area (Å²) in [6.07, 6.45) is 0.564. The number of nitrogens with zero attached hydrogens (tertiary/aromatic N) is 1. The molecule has 0 unspecified atom stereocenters. The van der Waals surface area contributed by atoms with E-state index < -0.39 is 46.2 Å². The molecule has 2 aromatic rings. The van der Waals surface area contributed by atoms with Gasteiger partial charge >= 0.3 is 0 Å². The summed E-state index contributed by atoms with van der Waals surface area (Å²) < 4.78 is 56.0. The number of hydrogen-bond acceptors (Lipinski definition) is 4. The number of rotatable bonds is 4. The third kappa shape index (κ3) is 3.62. The van der Waals surface area contributed by atoms with Gasteiger partial charge in [0.1, 0.15) is 10.6 Å². The average molecular weight is 429 g/mol. The summed E-state index contributed by atoms with van der Waals surface area (Å²) in [5.74, 6) is -8.66. The molecule has 3 rings (SSSR count). The molecule has 2 amide bonds. The van der Waals surface area contributed by atoms with Gasteiger partial charge in [-0.15, -0.1) is 11.3 Å². The number of carbonyl (C=O) groups is 2. The van der Waals surface area contributed by atoms with E-state index >= 15 is 0 Å². The van der Waals surface area contributed by atoms with Crippen LogP contribution in [0.25, 0.3) is 0 Å². The van der Waals surface area contributed by atoms with Crippen molar-refractivity contribution >= 4 is 28.2 Å². The van der Waals surface area contributed by atoms with Crippen molar-refractivity contribution in [1.82, 2.24) is 10.2 Å². The van der Waals surface area contributed by atoms with Crippen LogP contribution in [-0.2, 0) is 13.0 Å². The predicted octanol–water partition coefficient (Wildman–Crippen LogP) is 3.60. The smallest absolute Gasteiger partial charge is 0.262 e. The second-order valence-corrected chi connectivity index (χ2v) is 7.72. The van der Waals surface area contributed by atoms with Gasteiger partial charge in [-0.25, -0.2) is 17.6 Å². The Morgan fingerprint density at radius 2 is 1.66 bits per heavy atom. The van der Waals surface area contributed by atoms with Crippen molar-refractivity contribution in [2.75, 3.05) is 25.5 Å². The lowest BCUT2D eigenvalue weighted by Crippen LogP contribution is -2.30. The first kappa shape index (κ1) is 21.3. The van der Waals surface area contributed by atoms with Crippen LogP contribution in [0, 0.1) is 30.2 Å². The summed E-state index contributed by atoms with van der Waals surface area (Å²) >= 11 is 1.10. The molecule has 2 N–H and O–H groups in total. The Balaban J connectivity index is 2.04. The number of halogens is 4. The monoisotopic (exact) mass is 429 g/mol. The molecule has 0 atom stereocenters. The largest absolute Gasteiger partial charge is 0.355 e. The zero-order valence-electron chi connectivity index (χ0n) is 16.0. The Morgan fingerprint density at radius 1 is 1.03 bits per heavy atom. The highest BCUT2D eigenvalue weighted by Crippen LogP contribution is 2.37. The standard InChI is InChI=1S/C19H19F4N3O2S/c1-4-26-6-5-9-10(7-26)29-19(11(9)17(27)24-3)25-18(28)12-15(22)13(20)8(2)14(21)16(12)23/h4-7H2,1-3H3,(H,24,27)(H,25,28). The minimum atomic E-state index is -1.78. The molecular weight excluding hydrogens is 410 g/mol. The fourth-order valence-corrected chi connectivity index (χ4v) is 4.57. The van der Waals surface area contributed by atoms with Crippen molar-refractivity contribution in [1.29, 1.82) is 0 Å². The van der Waals surface area contributed by atoms with Gasteiger partial charge in [-0.2, -0.15) is 0 Å². The number of carbonyl (C=O) groups excluding carboxylic acids is 2. The SMILES string of the molecule is CCN1CCc2c(sc(NC(=O)c3c(F)c(F)c(C)c(F)c3F)c2C(=O)NC)C1. The number of thiophene rings is 1. The van der Waals surface area contributed by atoms with Crippen LogP contribution in [0.5, 0.6) is 0 Å². The molecule has 10 heteroatoms. The number of benzene rings is 1. The molecule has 2 heterocycles. The molecule has 0 aliphatic carbocycles. The van der Waals surface area contributed by atoms with Crippen molar-refractivity contribution in [2.24, 2.45) is 0 Å². The maximum Gasteiger partial charge on any atom is 0.262 e. The molecule has 5 nitrogen and oxygen atoms in total. The highest BCUT2D eigenvalue weighted by Gasteiger charge is 2.31. The molecule has 0 bridgehead atoms. The van der Waals surface area contributed by atoms with Crippen molar-refractivity contribution in [3.8, 4) is 0 Å². The van der Waals surface area contributed by atoms with E-state index in [0.717, 1.165) is 41.8 Å². The van der Waals surface area contributed by atoms with E-state index in [9.17, 15) is 27.2 Å². The minimum Gasteiger partial charge on any atom is -0.355 e. The second kappa shape index (κ2) is 8.11. The summed E-state index contributed by atoms with van der Waals surface area (Å²) in [6.45, 7) is 4.94. The van der Waals surface area contributed by atoms with Gasteiger partial charge in [0.15, 0.2) is 23.3 Å². The number of amides is 2. The summed E-state index contributed by atoms with van der Waals surface area (Å²) in [4.78, 5) is 27.9. The predicted molar refractivity (Wildman–Crippen MR) is 101 cm³/mol. The molecule has 1 aromatic carbocycles. The average Bonchev–Trinajstić information content (AvgIpc) is 3.06. The van der Waals surface area contributed by atoms with Gasteiger partial charge in [-0.1, -0.05) is 6.92 Å². The Labute approximate surface area is 168 Å². The highest BCUT2D eigenvalue weighted by atomic mass is 32.1. The third-order valence-corrected chi connectivity index (χ3v) is 6.11. The quantitative estimate of drug-likeness (QED) is 0.577. The van der Waals surface area contributed by atoms with Crippen LogP contribution in [0.3, 0.4) is 0 Å². The van der Waals surface area contributed by atoms with Crippen molar-refractivity contribution in [2.45, 2.75) is 26.8 Å². The fourth-order valence-electron chi connectivity index (χ4n) is 3.29. The maximum atomic E-state index is 14.2. The van der Waals surface area contributed by atoms with Gasteiger partial charge in [-0.3, -0.25) is 14.5 Å². The first-order valence-corrected chi connectivity index (χ1v) is 9.75. The number of likely N-dealkylation sites (N-methyl/N-ethyl adjacent to an activating group) is 1. The molecule has 156 valence electrons. The molecule has 0 spiro atoms. The van der Waals surface area contributed by atoms with Crippen LogP contribution in [-0.4, -0.2) is 36.9 Å². The molecule has 1 aliphatic rings. The second-order valence-electron chi connectivity index (χ2n) is 6.62. The lowest BCUT2D eigenvalue weighted by molar-refractivity contribution is 0.0962. The first-order chi connectivity index (χ1) is 13.7. The van der Waals surface area contributed by atoms with Crippen molar-refractivity contribution in [3.05, 3.63) is 50.4 Å². The number of hydrogen-bond donors (Lipinski definition) is 2. The zero-order chi connectivity index (χ0) is 21.5. The Bertz CT molecular complexity index is 977. The van der Waals surface area contributed by atoms with E-state index in [0.29, 0.717) is 13.0 Å². The third-order valence-electron chi connectivity index (χ3n) is 4.97. The van der Waals surface area contributed by atoms with Crippen LogP contribution >= 0.6 is 11.3 Å². The Kier molecular flexibility index (Phi) is 5.95. The zero-order valence-corrected chi connectivity index (χ0v) is 16.8. The fraction of sp³-hybridized carbons (Fsp3) is 0.368. The van der Waals surface area contributed by atoms with Gasteiger partial charge in [0.25, 0.3) is 11.8 Å². The minimum absolute atomic E-state index is 0.0810. The number of anilines is 1. The van der Waals surface area contributed by atoms with Gasteiger partial charge in [0, 0.05) is 30.6 Å². The summed E-state index contributed by atoms with van der Waals surface area (Å²) in [6, 6.07) is 0. The highest BCUT2D eigenvalue weighted by molar-refractivity contribution is 7.17. The van der Waals surface area contributed by atoms with E-state index in [1.165, 1.54) is 7.05 Å². The molecule has 29 heavy (non-hydrogen) atoms. The Morgan fingerprint density at radius 3 is 2.21 bits per heavy atom.